The van der Waals surface area contributed by atoms with E-state index in [0.29, 0.717) is 6.42 Å². The van der Waals surface area contributed by atoms with Crippen LogP contribution in [0.5, 0.6) is 0 Å². The molecule has 1 aromatic rings. The second kappa shape index (κ2) is 19.3. The van der Waals surface area contributed by atoms with Crippen molar-refractivity contribution in [3.8, 4) is 0 Å². The number of allylic oxidation sites excluding steroid dienone is 2. The maximum atomic E-state index is 10.2. The van der Waals surface area contributed by atoms with Crippen LogP contribution in [0.4, 0.5) is 0 Å². The normalized spacial score (nSPS) is 11.6. The summed E-state index contributed by atoms with van der Waals surface area (Å²) in [6.45, 7) is 2.31. The Morgan fingerprint density at radius 1 is 0.867 bits per heavy atom. The van der Waals surface area contributed by atoms with Gasteiger partial charge in [-0.05, 0) is 24.3 Å². The van der Waals surface area contributed by atoms with Crippen LogP contribution in [0.2, 0.25) is 0 Å². The molecule has 0 aliphatic rings. The minimum Gasteiger partial charge on any atom is -0.383 e. The zero-order chi connectivity index (χ0) is 22.5. The molecule has 0 aliphatic heterocycles. The zero-order valence-corrected chi connectivity index (χ0v) is 19.8. The van der Waals surface area contributed by atoms with E-state index in [9.17, 15) is 8.42 Å². The number of benzene rings is 1. The fourth-order valence-electron chi connectivity index (χ4n) is 2.71. The van der Waals surface area contributed by atoms with Crippen molar-refractivity contribution in [3.63, 3.8) is 0 Å². The van der Waals surface area contributed by atoms with Gasteiger partial charge in [0.15, 0.2) is 0 Å². The highest BCUT2D eigenvalue weighted by Crippen LogP contribution is 2.10. The molecule has 0 atom stereocenters. The first-order valence-corrected chi connectivity index (χ1v) is 12.4. The standard InChI is InChI=1S/C12H15N.C12H26O4S/c1-13(2)11-7-6-10-12-8-4-3-5-9-12;1-2-3-4-5-6-7-8-9-10-11-12-16-17(13,14)15/h3-11H,1-2H3;2-12H2,1H3,(H,13,14,15). The van der Waals surface area contributed by atoms with Crippen LogP contribution >= 0.6 is 0 Å². The van der Waals surface area contributed by atoms with Crippen molar-refractivity contribution in [2.45, 2.75) is 71.1 Å². The van der Waals surface area contributed by atoms with Crippen LogP contribution in [0.3, 0.4) is 0 Å². The Morgan fingerprint density at radius 2 is 1.40 bits per heavy atom. The van der Waals surface area contributed by atoms with E-state index in [-0.39, 0.29) is 6.61 Å². The van der Waals surface area contributed by atoms with Crippen LogP contribution in [0.1, 0.15) is 76.7 Å². The maximum Gasteiger partial charge on any atom is 0.397 e. The highest BCUT2D eigenvalue weighted by molar-refractivity contribution is 7.80. The lowest BCUT2D eigenvalue weighted by atomic mass is 10.1. The van der Waals surface area contributed by atoms with Gasteiger partial charge in [-0.2, -0.15) is 8.42 Å². The van der Waals surface area contributed by atoms with Crippen molar-refractivity contribution in [1.82, 2.24) is 4.90 Å². The number of hydrogen-bond donors (Lipinski definition) is 1. The van der Waals surface area contributed by atoms with Crippen molar-refractivity contribution in [2.24, 2.45) is 0 Å². The number of hydrogen-bond acceptors (Lipinski definition) is 4. The molecule has 0 saturated heterocycles. The van der Waals surface area contributed by atoms with E-state index in [0.717, 1.165) is 12.8 Å². The van der Waals surface area contributed by atoms with Gasteiger partial charge in [0.1, 0.15) is 0 Å². The Hall–Kier alpha value is -1.63. The van der Waals surface area contributed by atoms with Crippen LogP contribution in [0.15, 0.2) is 48.7 Å². The Morgan fingerprint density at radius 3 is 1.90 bits per heavy atom. The molecule has 0 heterocycles. The monoisotopic (exact) mass is 439 g/mol. The summed E-state index contributed by atoms with van der Waals surface area (Å²) in [7, 11) is -0.221. The summed E-state index contributed by atoms with van der Waals surface area (Å²) >= 11 is 0. The summed E-state index contributed by atoms with van der Waals surface area (Å²) in [4.78, 5) is 2.01. The van der Waals surface area contributed by atoms with Gasteiger partial charge in [-0.25, -0.2) is 4.18 Å². The van der Waals surface area contributed by atoms with Gasteiger partial charge in [-0.15, -0.1) is 0 Å². The summed E-state index contributed by atoms with van der Waals surface area (Å²) in [5.74, 6) is 0. The third kappa shape index (κ3) is 22.7. The lowest BCUT2D eigenvalue weighted by Gasteiger charge is -2.02. The lowest BCUT2D eigenvalue weighted by molar-refractivity contribution is 0.261. The first-order chi connectivity index (χ1) is 14.3. The van der Waals surface area contributed by atoms with E-state index < -0.39 is 10.4 Å². The van der Waals surface area contributed by atoms with Crippen molar-refractivity contribution < 1.29 is 17.2 Å². The highest BCUT2D eigenvalue weighted by atomic mass is 32.3. The van der Waals surface area contributed by atoms with Gasteiger partial charge < -0.3 is 4.90 Å². The van der Waals surface area contributed by atoms with Gasteiger partial charge in [0.2, 0.25) is 0 Å². The third-order valence-electron chi connectivity index (χ3n) is 4.31. The molecule has 5 nitrogen and oxygen atoms in total. The van der Waals surface area contributed by atoms with Gasteiger partial charge >= 0.3 is 10.4 Å². The SMILES string of the molecule is CCCCCCCCCCCCOS(=O)(=O)O.CN(C)C=CC=Cc1ccccc1. The molecular formula is C24H41NO4S. The number of unbranched alkanes of at least 4 members (excludes halogenated alkanes) is 9. The first-order valence-electron chi connectivity index (χ1n) is 11.0. The van der Waals surface area contributed by atoms with E-state index in [1.54, 1.807) is 0 Å². The number of rotatable bonds is 15. The molecule has 1 N–H and O–H groups in total. The summed E-state index contributed by atoms with van der Waals surface area (Å²) in [5, 5.41) is 0. The Bertz CT molecular complexity index is 655. The summed E-state index contributed by atoms with van der Waals surface area (Å²) in [6.07, 6.45) is 20.0. The van der Waals surface area contributed by atoms with Crippen LogP contribution in [0.25, 0.3) is 6.08 Å². The summed E-state index contributed by atoms with van der Waals surface area (Å²) < 4.78 is 33.0. The average Bonchev–Trinajstić information content (AvgIpc) is 2.70. The van der Waals surface area contributed by atoms with Gasteiger partial charge in [0.05, 0.1) is 6.61 Å². The molecule has 1 rings (SSSR count). The molecule has 0 radical (unpaired) electrons. The fourth-order valence-corrected chi connectivity index (χ4v) is 3.03. The molecule has 0 unspecified atom stereocenters. The topological polar surface area (TPSA) is 66.8 Å². The Balaban J connectivity index is 0.000000579. The molecule has 0 fully saturated rings. The van der Waals surface area contributed by atoms with Gasteiger partial charge in [-0.1, -0.05) is 107 Å². The fraction of sp³-hybridized carbons (Fsp3) is 0.583. The van der Waals surface area contributed by atoms with Crippen LogP contribution in [-0.4, -0.2) is 38.6 Å². The minimum atomic E-state index is -4.23. The second-order valence-electron chi connectivity index (χ2n) is 7.51. The minimum absolute atomic E-state index is 0.0926. The third-order valence-corrected chi connectivity index (χ3v) is 4.78. The summed E-state index contributed by atoms with van der Waals surface area (Å²) in [5.41, 5.74) is 1.23. The highest BCUT2D eigenvalue weighted by Gasteiger charge is 2.02. The largest absolute Gasteiger partial charge is 0.397 e. The molecule has 0 aromatic heterocycles. The first kappa shape index (κ1) is 28.4. The molecular weight excluding hydrogens is 398 g/mol. The predicted octanol–water partition coefficient (Wildman–Crippen LogP) is 6.50. The maximum absolute atomic E-state index is 10.2. The molecule has 0 bridgehead atoms. The van der Waals surface area contributed by atoms with Crippen molar-refractivity contribution in [1.29, 1.82) is 0 Å². The molecule has 0 amide bonds. The predicted molar refractivity (Wildman–Crippen MR) is 128 cm³/mol. The average molecular weight is 440 g/mol. The Labute approximate surface area is 184 Å². The molecule has 0 saturated carbocycles. The van der Waals surface area contributed by atoms with Crippen molar-refractivity contribution >= 4 is 16.5 Å². The Kier molecular flexibility index (Phi) is 18.3. The molecule has 30 heavy (non-hydrogen) atoms. The van der Waals surface area contributed by atoms with E-state index in [4.69, 9.17) is 4.55 Å². The smallest absolute Gasteiger partial charge is 0.383 e. The molecule has 0 spiro atoms. The molecule has 1 aromatic carbocycles. The number of nitrogens with zero attached hydrogens (tertiary/aromatic N) is 1. The van der Waals surface area contributed by atoms with Crippen LogP contribution < -0.4 is 0 Å². The van der Waals surface area contributed by atoms with Crippen LogP contribution in [0, 0.1) is 0 Å². The lowest BCUT2D eigenvalue weighted by Crippen LogP contribution is -2.04. The van der Waals surface area contributed by atoms with Crippen LogP contribution in [-0.2, 0) is 14.6 Å². The molecule has 172 valence electrons. The van der Waals surface area contributed by atoms with Gasteiger partial charge in [0.25, 0.3) is 0 Å². The van der Waals surface area contributed by atoms with Crippen molar-refractivity contribution in [3.05, 3.63) is 54.2 Å². The van der Waals surface area contributed by atoms with E-state index in [1.807, 2.05) is 55.5 Å². The van der Waals surface area contributed by atoms with E-state index in [2.05, 4.69) is 29.3 Å². The van der Waals surface area contributed by atoms with E-state index in [1.165, 1.54) is 50.5 Å². The molecule has 6 heteroatoms. The van der Waals surface area contributed by atoms with Gasteiger partial charge in [0, 0.05) is 14.1 Å². The van der Waals surface area contributed by atoms with Gasteiger partial charge in [-0.3, -0.25) is 4.55 Å². The quantitative estimate of drug-likeness (QED) is 0.192. The molecule has 0 aliphatic carbocycles. The zero-order valence-electron chi connectivity index (χ0n) is 19.0. The van der Waals surface area contributed by atoms with Crippen molar-refractivity contribution in [2.75, 3.05) is 20.7 Å². The second-order valence-corrected chi connectivity index (χ2v) is 8.60. The summed E-state index contributed by atoms with van der Waals surface area (Å²) in [6, 6.07) is 10.3. The van der Waals surface area contributed by atoms with E-state index >= 15 is 0 Å².